The number of carbonyl (C=O) groups is 2. The number of nitrogens with one attached hydrogen (secondary N) is 1. The van der Waals surface area contributed by atoms with Gasteiger partial charge in [0.05, 0.1) is 9.80 Å². The van der Waals surface area contributed by atoms with Gasteiger partial charge in [-0.1, -0.05) is 31.5 Å². The maximum atomic E-state index is 12.6. The van der Waals surface area contributed by atoms with Gasteiger partial charge in [-0.3, -0.25) is 14.9 Å². The number of carbonyl (C=O) groups excluding carboxylic acids is 2. The minimum atomic E-state index is -0.967. The van der Waals surface area contributed by atoms with E-state index in [0.717, 1.165) is 10.9 Å². The Morgan fingerprint density at radius 2 is 2.13 bits per heavy atom. The summed E-state index contributed by atoms with van der Waals surface area (Å²) >= 11 is 7.24. The summed E-state index contributed by atoms with van der Waals surface area (Å²) in [5.74, 6) is -1.18. The fourth-order valence-corrected chi connectivity index (χ4v) is 3.48. The largest absolute Gasteiger partial charge is 0.458 e. The number of nitro groups is 1. The number of thiophene rings is 1. The topological polar surface area (TPSA) is 125 Å². The van der Waals surface area contributed by atoms with Crippen LogP contribution in [-0.4, -0.2) is 27.8 Å². The maximum Gasteiger partial charge on any atom is 0.329 e. The van der Waals surface area contributed by atoms with E-state index in [0.29, 0.717) is 11.6 Å². The summed E-state index contributed by atoms with van der Waals surface area (Å²) in [6, 6.07) is 6.42. The number of esters is 1. The molecule has 1 aromatic carbocycles. The third-order valence-corrected chi connectivity index (χ3v) is 5.44. The van der Waals surface area contributed by atoms with Gasteiger partial charge < -0.3 is 14.5 Å². The summed E-state index contributed by atoms with van der Waals surface area (Å²) in [5.41, 5.74) is 0.0381. The Morgan fingerprint density at radius 1 is 1.35 bits per heavy atom. The van der Waals surface area contributed by atoms with Crippen LogP contribution in [0.25, 0.3) is 10.8 Å². The molecule has 0 saturated heterocycles. The molecular formula is C20H18ClN3O6S. The number of ether oxygens (including phenoxy) is 1. The SMILES string of the molecule is CC(C)[C@H](NC(=O)c1ccc(Cl)c([N+](=O)[O-])c1)C(=O)OCc1coc(-c2cccs2)n1. The summed E-state index contributed by atoms with van der Waals surface area (Å²) in [6.45, 7) is 3.35. The molecule has 0 aliphatic rings. The molecule has 0 unspecified atom stereocenters. The lowest BCUT2D eigenvalue weighted by Gasteiger charge is -2.20. The van der Waals surface area contributed by atoms with Crippen LogP contribution in [0, 0.1) is 16.0 Å². The number of hydrogen-bond donors (Lipinski definition) is 1. The Kier molecular flexibility index (Phi) is 7.03. The Morgan fingerprint density at radius 3 is 2.77 bits per heavy atom. The van der Waals surface area contributed by atoms with Crippen LogP contribution < -0.4 is 5.32 Å². The minimum Gasteiger partial charge on any atom is -0.458 e. The van der Waals surface area contributed by atoms with Crippen LogP contribution in [-0.2, 0) is 16.1 Å². The van der Waals surface area contributed by atoms with E-state index in [1.165, 1.54) is 29.7 Å². The molecule has 9 nitrogen and oxygen atoms in total. The average Bonchev–Trinajstić information content (AvgIpc) is 3.41. The predicted molar refractivity (Wildman–Crippen MR) is 114 cm³/mol. The van der Waals surface area contributed by atoms with E-state index in [1.54, 1.807) is 13.8 Å². The van der Waals surface area contributed by atoms with Gasteiger partial charge in [-0.2, -0.15) is 0 Å². The van der Waals surface area contributed by atoms with Crippen molar-refractivity contribution in [3.63, 3.8) is 0 Å². The first-order chi connectivity index (χ1) is 14.8. The molecule has 0 aliphatic carbocycles. The highest BCUT2D eigenvalue weighted by molar-refractivity contribution is 7.13. The minimum absolute atomic E-state index is 0.00615. The second kappa shape index (κ2) is 9.71. The summed E-state index contributed by atoms with van der Waals surface area (Å²) in [7, 11) is 0. The normalized spacial score (nSPS) is 11.9. The smallest absolute Gasteiger partial charge is 0.329 e. The van der Waals surface area contributed by atoms with E-state index in [-0.39, 0.29) is 23.1 Å². The summed E-state index contributed by atoms with van der Waals surface area (Å²) in [4.78, 5) is 40.6. The van der Waals surface area contributed by atoms with E-state index in [2.05, 4.69) is 10.3 Å². The molecule has 1 amide bonds. The lowest BCUT2D eigenvalue weighted by Crippen LogP contribution is -2.45. The highest BCUT2D eigenvalue weighted by Gasteiger charge is 2.27. The molecule has 0 fully saturated rings. The molecule has 0 bridgehead atoms. The van der Waals surface area contributed by atoms with Crippen molar-refractivity contribution in [3.05, 3.63) is 68.4 Å². The van der Waals surface area contributed by atoms with Gasteiger partial charge in [0.1, 0.15) is 29.6 Å². The second-order valence-corrected chi connectivity index (χ2v) is 8.20. The van der Waals surface area contributed by atoms with E-state index in [1.807, 2.05) is 17.5 Å². The standard InChI is InChI=1S/C20H18ClN3O6S/c1-11(2)17(23-18(25)12-5-6-14(21)15(8-12)24(27)28)20(26)30-10-13-9-29-19(22-13)16-4-3-7-31-16/h3-9,11,17H,10H2,1-2H3,(H,23,25)/t17-/m0/s1. The van der Waals surface area contributed by atoms with Crippen molar-refractivity contribution in [2.75, 3.05) is 0 Å². The number of oxazole rings is 1. The van der Waals surface area contributed by atoms with Gasteiger partial charge in [0.25, 0.3) is 11.6 Å². The van der Waals surface area contributed by atoms with Crippen LogP contribution in [0.15, 0.2) is 46.4 Å². The van der Waals surface area contributed by atoms with E-state index in [4.69, 9.17) is 20.8 Å². The number of rotatable bonds is 8. The molecule has 162 valence electrons. The molecule has 0 spiro atoms. The van der Waals surface area contributed by atoms with Crippen molar-refractivity contribution in [2.24, 2.45) is 5.92 Å². The lowest BCUT2D eigenvalue weighted by molar-refractivity contribution is -0.384. The average molecular weight is 464 g/mol. The van der Waals surface area contributed by atoms with Crippen molar-refractivity contribution in [3.8, 4) is 10.8 Å². The van der Waals surface area contributed by atoms with Gasteiger partial charge in [-0.15, -0.1) is 11.3 Å². The third-order valence-electron chi connectivity index (χ3n) is 4.26. The third kappa shape index (κ3) is 5.47. The Balaban J connectivity index is 1.65. The molecule has 3 rings (SSSR count). The number of halogens is 1. The van der Waals surface area contributed by atoms with Crippen LogP contribution in [0.1, 0.15) is 29.9 Å². The van der Waals surface area contributed by atoms with Crippen molar-refractivity contribution in [1.82, 2.24) is 10.3 Å². The van der Waals surface area contributed by atoms with Crippen LogP contribution in [0.4, 0.5) is 5.69 Å². The molecule has 0 saturated carbocycles. The number of hydrogen-bond acceptors (Lipinski definition) is 8. The zero-order chi connectivity index (χ0) is 22.5. The summed E-state index contributed by atoms with van der Waals surface area (Å²) < 4.78 is 10.7. The number of benzene rings is 1. The monoisotopic (exact) mass is 463 g/mol. The molecule has 11 heteroatoms. The first kappa shape index (κ1) is 22.4. The quantitative estimate of drug-likeness (QED) is 0.297. The Hall–Kier alpha value is -3.24. The summed E-state index contributed by atoms with van der Waals surface area (Å²) in [5, 5.41) is 15.4. The van der Waals surface area contributed by atoms with Gasteiger partial charge in [0.15, 0.2) is 0 Å². The zero-order valence-electron chi connectivity index (χ0n) is 16.5. The van der Waals surface area contributed by atoms with Crippen LogP contribution >= 0.6 is 22.9 Å². The van der Waals surface area contributed by atoms with Gasteiger partial charge in [0, 0.05) is 11.6 Å². The molecule has 2 heterocycles. The van der Waals surface area contributed by atoms with Crippen molar-refractivity contribution in [2.45, 2.75) is 26.5 Å². The van der Waals surface area contributed by atoms with Crippen molar-refractivity contribution in [1.29, 1.82) is 0 Å². The van der Waals surface area contributed by atoms with Crippen LogP contribution in [0.5, 0.6) is 0 Å². The number of nitrogens with zero attached hydrogens (tertiary/aromatic N) is 2. The van der Waals surface area contributed by atoms with Gasteiger partial charge in [-0.25, -0.2) is 9.78 Å². The molecular weight excluding hydrogens is 446 g/mol. The molecule has 2 aromatic heterocycles. The van der Waals surface area contributed by atoms with Gasteiger partial charge in [-0.05, 0) is 29.5 Å². The number of nitro benzene ring substituents is 1. The highest BCUT2D eigenvalue weighted by Crippen LogP contribution is 2.26. The van der Waals surface area contributed by atoms with Crippen molar-refractivity contribution >= 4 is 40.5 Å². The number of amides is 1. The van der Waals surface area contributed by atoms with Crippen LogP contribution in [0.2, 0.25) is 5.02 Å². The molecule has 1 atom stereocenters. The predicted octanol–water partition coefficient (Wildman–Crippen LogP) is 4.46. The van der Waals surface area contributed by atoms with E-state index < -0.39 is 28.5 Å². The molecule has 31 heavy (non-hydrogen) atoms. The van der Waals surface area contributed by atoms with Crippen LogP contribution in [0.3, 0.4) is 0 Å². The fraction of sp³-hybridized carbons (Fsp3) is 0.250. The first-order valence-electron chi connectivity index (χ1n) is 9.16. The fourth-order valence-electron chi connectivity index (χ4n) is 2.64. The van der Waals surface area contributed by atoms with Crippen molar-refractivity contribution < 1.29 is 23.7 Å². The number of aromatic nitrogens is 1. The lowest BCUT2D eigenvalue weighted by atomic mass is 10.0. The summed E-state index contributed by atoms with van der Waals surface area (Å²) in [6.07, 6.45) is 1.40. The Bertz CT molecular complexity index is 1100. The maximum absolute atomic E-state index is 12.6. The van der Waals surface area contributed by atoms with Gasteiger partial charge >= 0.3 is 5.97 Å². The first-order valence-corrected chi connectivity index (χ1v) is 10.4. The molecule has 0 aliphatic heterocycles. The molecule has 0 radical (unpaired) electrons. The highest BCUT2D eigenvalue weighted by atomic mass is 35.5. The van der Waals surface area contributed by atoms with E-state index >= 15 is 0 Å². The van der Waals surface area contributed by atoms with Gasteiger partial charge in [0.2, 0.25) is 5.89 Å². The molecule has 1 N–H and O–H groups in total. The second-order valence-electron chi connectivity index (χ2n) is 6.85. The zero-order valence-corrected chi connectivity index (χ0v) is 18.1. The molecule has 3 aromatic rings. The Labute approximate surface area is 186 Å². The van der Waals surface area contributed by atoms with E-state index in [9.17, 15) is 19.7 Å².